The summed E-state index contributed by atoms with van der Waals surface area (Å²) in [5.41, 5.74) is 1.22. The van der Waals surface area contributed by atoms with Crippen molar-refractivity contribution in [3.05, 3.63) is 29.8 Å². The third-order valence-electron chi connectivity index (χ3n) is 2.56. The largest absolute Gasteiger partial charge is 0.508 e. The van der Waals surface area contributed by atoms with Crippen molar-refractivity contribution in [2.75, 3.05) is 6.54 Å². The third-order valence-corrected chi connectivity index (χ3v) is 2.56. The Bertz CT molecular complexity index is 293. The zero-order valence-corrected chi connectivity index (χ0v) is 10.4. The Kier molecular flexibility index (Phi) is 5.94. The first kappa shape index (κ1) is 13.0. The molecule has 1 unspecified atom stereocenters. The summed E-state index contributed by atoms with van der Waals surface area (Å²) in [4.78, 5) is 0. The van der Waals surface area contributed by atoms with Gasteiger partial charge >= 0.3 is 0 Å². The standard InChI is InChI=1S/C11H15NO.C3H8/c13-11-5-1-3-9(8-11)7-10-4-2-6-12-10;1-3-2/h1,3,5,8,10,12-13H,2,4,6-7H2;3H2,1-2H3. The molecule has 0 saturated carbocycles. The molecule has 0 amide bonds. The number of nitrogens with one attached hydrogen (secondary N) is 1. The summed E-state index contributed by atoms with van der Waals surface area (Å²) in [6, 6.07) is 8.15. The van der Waals surface area contributed by atoms with Crippen LogP contribution < -0.4 is 5.32 Å². The minimum atomic E-state index is 0.371. The van der Waals surface area contributed by atoms with Crippen molar-refractivity contribution in [3.8, 4) is 5.75 Å². The zero-order valence-electron chi connectivity index (χ0n) is 10.4. The van der Waals surface area contributed by atoms with Crippen LogP contribution in [0.5, 0.6) is 5.75 Å². The lowest BCUT2D eigenvalue weighted by Gasteiger charge is -2.09. The van der Waals surface area contributed by atoms with Crippen LogP contribution in [0.25, 0.3) is 0 Å². The van der Waals surface area contributed by atoms with Crippen molar-refractivity contribution < 1.29 is 5.11 Å². The van der Waals surface area contributed by atoms with E-state index in [9.17, 15) is 5.11 Å². The van der Waals surface area contributed by atoms with Crippen molar-refractivity contribution in [1.29, 1.82) is 0 Å². The topological polar surface area (TPSA) is 32.3 Å². The molecule has 2 N–H and O–H groups in total. The van der Waals surface area contributed by atoms with Crippen molar-refractivity contribution in [1.82, 2.24) is 5.32 Å². The summed E-state index contributed by atoms with van der Waals surface area (Å²) in [7, 11) is 0. The molecule has 0 bridgehead atoms. The Balaban J connectivity index is 0.000000386. The molecule has 1 fully saturated rings. The average molecular weight is 221 g/mol. The summed E-state index contributed by atoms with van der Waals surface area (Å²) < 4.78 is 0. The van der Waals surface area contributed by atoms with Gasteiger partial charge in [0.15, 0.2) is 0 Å². The van der Waals surface area contributed by atoms with E-state index in [-0.39, 0.29) is 0 Å². The predicted molar refractivity (Wildman–Crippen MR) is 68.8 cm³/mol. The maximum Gasteiger partial charge on any atom is 0.115 e. The Morgan fingerprint density at radius 3 is 2.69 bits per heavy atom. The SMILES string of the molecule is CCC.Oc1cccc(CC2CCCN2)c1. The molecule has 0 aliphatic carbocycles. The quantitative estimate of drug-likeness (QED) is 0.804. The molecule has 1 aromatic rings. The lowest BCUT2D eigenvalue weighted by atomic mass is 10.0. The van der Waals surface area contributed by atoms with E-state index >= 15 is 0 Å². The molecule has 1 aliphatic rings. The molecule has 90 valence electrons. The number of hydrogen-bond donors (Lipinski definition) is 2. The lowest BCUT2D eigenvalue weighted by molar-refractivity contribution is 0.474. The van der Waals surface area contributed by atoms with Gasteiger partial charge in [-0.05, 0) is 43.5 Å². The fourth-order valence-electron chi connectivity index (χ4n) is 1.90. The van der Waals surface area contributed by atoms with E-state index in [0.29, 0.717) is 11.8 Å². The summed E-state index contributed by atoms with van der Waals surface area (Å²) in [6.45, 7) is 5.39. The van der Waals surface area contributed by atoms with Crippen LogP contribution >= 0.6 is 0 Å². The van der Waals surface area contributed by atoms with Crippen molar-refractivity contribution >= 4 is 0 Å². The van der Waals surface area contributed by atoms with E-state index < -0.39 is 0 Å². The molecule has 1 heterocycles. The van der Waals surface area contributed by atoms with Gasteiger partial charge in [0.2, 0.25) is 0 Å². The molecule has 1 saturated heterocycles. The highest BCUT2D eigenvalue weighted by Crippen LogP contribution is 2.15. The fraction of sp³-hybridized carbons (Fsp3) is 0.571. The molecule has 1 atom stereocenters. The van der Waals surface area contributed by atoms with Gasteiger partial charge in [-0.2, -0.15) is 0 Å². The van der Waals surface area contributed by atoms with Crippen LogP contribution in [0.2, 0.25) is 0 Å². The lowest BCUT2D eigenvalue weighted by Crippen LogP contribution is -2.23. The second kappa shape index (κ2) is 7.29. The minimum Gasteiger partial charge on any atom is -0.508 e. The van der Waals surface area contributed by atoms with Crippen LogP contribution in [-0.4, -0.2) is 17.7 Å². The fourth-order valence-corrected chi connectivity index (χ4v) is 1.90. The van der Waals surface area contributed by atoms with E-state index in [1.807, 2.05) is 12.1 Å². The monoisotopic (exact) mass is 221 g/mol. The van der Waals surface area contributed by atoms with Gasteiger partial charge < -0.3 is 10.4 Å². The van der Waals surface area contributed by atoms with Crippen LogP contribution in [0.1, 0.15) is 38.7 Å². The summed E-state index contributed by atoms with van der Waals surface area (Å²) in [5.74, 6) is 0.371. The van der Waals surface area contributed by atoms with Crippen molar-refractivity contribution in [2.24, 2.45) is 0 Å². The Morgan fingerprint density at radius 2 is 2.12 bits per heavy atom. The van der Waals surface area contributed by atoms with Gasteiger partial charge in [0.25, 0.3) is 0 Å². The third kappa shape index (κ3) is 4.67. The second-order valence-electron chi connectivity index (χ2n) is 4.37. The van der Waals surface area contributed by atoms with E-state index in [1.165, 1.54) is 24.8 Å². The molecule has 0 radical (unpaired) electrons. The van der Waals surface area contributed by atoms with E-state index in [0.717, 1.165) is 13.0 Å². The van der Waals surface area contributed by atoms with Crippen LogP contribution in [-0.2, 0) is 6.42 Å². The molecule has 2 heteroatoms. The highest BCUT2D eigenvalue weighted by atomic mass is 16.3. The Morgan fingerprint density at radius 1 is 1.38 bits per heavy atom. The van der Waals surface area contributed by atoms with E-state index in [4.69, 9.17) is 0 Å². The highest BCUT2D eigenvalue weighted by molar-refractivity contribution is 5.27. The van der Waals surface area contributed by atoms with Crippen LogP contribution in [0.4, 0.5) is 0 Å². The van der Waals surface area contributed by atoms with Gasteiger partial charge in [-0.3, -0.25) is 0 Å². The smallest absolute Gasteiger partial charge is 0.115 e. The first-order valence-electron chi connectivity index (χ1n) is 6.27. The number of rotatable bonds is 2. The second-order valence-corrected chi connectivity index (χ2v) is 4.37. The molecule has 0 spiro atoms. The Labute approximate surface area is 98.7 Å². The first-order valence-corrected chi connectivity index (χ1v) is 6.27. The van der Waals surface area contributed by atoms with E-state index in [1.54, 1.807) is 6.07 Å². The maximum absolute atomic E-state index is 9.27. The zero-order chi connectivity index (χ0) is 11.8. The van der Waals surface area contributed by atoms with Gasteiger partial charge in [-0.1, -0.05) is 32.4 Å². The minimum absolute atomic E-state index is 0.371. The molecular weight excluding hydrogens is 198 g/mol. The highest BCUT2D eigenvalue weighted by Gasteiger charge is 2.13. The molecule has 1 aliphatic heterocycles. The van der Waals surface area contributed by atoms with Crippen molar-refractivity contribution in [3.63, 3.8) is 0 Å². The average Bonchev–Trinajstić information content (AvgIpc) is 2.71. The molecule has 2 nitrogen and oxygen atoms in total. The Hall–Kier alpha value is -1.02. The van der Waals surface area contributed by atoms with E-state index in [2.05, 4.69) is 25.2 Å². The molecule has 0 aromatic heterocycles. The molecule has 16 heavy (non-hydrogen) atoms. The summed E-state index contributed by atoms with van der Waals surface area (Å²) in [5, 5.41) is 12.7. The predicted octanol–water partition coefficient (Wildman–Crippen LogP) is 3.10. The number of hydrogen-bond acceptors (Lipinski definition) is 2. The van der Waals surface area contributed by atoms with Gasteiger partial charge in [-0.25, -0.2) is 0 Å². The number of benzene rings is 1. The summed E-state index contributed by atoms with van der Waals surface area (Å²) in [6.07, 6.45) is 4.83. The van der Waals surface area contributed by atoms with Crippen molar-refractivity contribution in [2.45, 2.75) is 45.6 Å². The molecular formula is C14H23NO. The maximum atomic E-state index is 9.27. The molecule has 2 rings (SSSR count). The normalized spacial score (nSPS) is 19.0. The number of phenolic OH excluding ortho intramolecular Hbond substituents is 1. The summed E-state index contributed by atoms with van der Waals surface area (Å²) >= 11 is 0. The van der Waals surface area contributed by atoms with Gasteiger partial charge in [-0.15, -0.1) is 0 Å². The number of aromatic hydroxyl groups is 1. The van der Waals surface area contributed by atoms with Crippen LogP contribution in [0, 0.1) is 0 Å². The number of phenols is 1. The van der Waals surface area contributed by atoms with Gasteiger partial charge in [0, 0.05) is 6.04 Å². The van der Waals surface area contributed by atoms with Gasteiger partial charge in [0.05, 0.1) is 0 Å². The molecule has 1 aromatic carbocycles. The van der Waals surface area contributed by atoms with Crippen LogP contribution in [0.3, 0.4) is 0 Å². The van der Waals surface area contributed by atoms with Gasteiger partial charge in [0.1, 0.15) is 5.75 Å². The van der Waals surface area contributed by atoms with Crippen LogP contribution in [0.15, 0.2) is 24.3 Å². The first-order chi connectivity index (χ1) is 7.76.